The van der Waals surface area contributed by atoms with Crippen LogP contribution in [-0.4, -0.2) is 39.6 Å². The first-order valence-electron chi connectivity index (χ1n) is 12.3. The highest BCUT2D eigenvalue weighted by Gasteiger charge is 2.37. The minimum absolute atomic E-state index is 0.00126. The molecule has 4 aromatic rings. The molecule has 0 amide bonds. The SMILES string of the molecule is [C-]#[N+]c1ccc2c(n1)c(N1C[C@@H](C)N(C(c3ccc(F)cc3)c3ccc(F)cc3)C[C@@H]1C)c(Br)c(=O)n2C. The van der Waals surface area contributed by atoms with Gasteiger partial charge in [-0.2, -0.15) is 0 Å². The van der Waals surface area contributed by atoms with Gasteiger partial charge >= 0.3 is 0 Å². The maximum atomic E-state index is 13.8. The fourth-order valence-electron chi connectivity index (χ4n) is 5.36. The number of fused-ring (bicyclic) bond motifs is 1. The van der Waals surface area contributed by atoms with Gasteiger partial charge in [-0.3, -0.25) is 9.69 Å². The molecule has 6 nitrogen and oxygen atoms in total. The molecule has 5 rings (SSSR count). The Morgan fingerprint density at radius 1 is 0.947 bits per heavy atom. The largest absolute Gasteiger partial charge is 0.361 e. The number of nitrogens with zero attached hydrogens (tertiary/aromatic N) is 5. The first kappa shape index (κ1) is 26.0. The number of pyridine rings is 2. The molecular formula is C29H26BrF2N5O. The molecule has 0 bridgehead atoms. The molecule has 1 fully saturated rings. The Kier molecular flexibility index (Phi) is 7.03. The van der Waals surface area contributed by atoms with Gasteiger partial charge in [-0.25, -0.2) is 8.78 Å². The van der Waals surface area contributed by atoms with Crippen molar-refractivity contribution in [3.63, 3.8) is 0 Å². The Morgan fingerprint density at radius 2 is 1.53 bits per heavy atom. The molecule has 1 saturated heterocycles. The smallest absolute Gasteiger partial charge is 0.270 e. The molecule has 194 valence electrons. The van der Waals surface area contributed by atoms with E-state index in [9.17, 15) is 13.6 Å². The monoisotopic (exact) mass is 577 g/mol. The molecule has 0 spiro atoms. The molecule has 2 aromatic heterocycles. The quantitative estimate of drug-likeness (QED) is 0.270. The molecule has 2 atom stereocenters. The number of benzene rings is 2. The highest BCUT2D eigenvalue weighted by Crippen LogP contribution is 2.38. The molecule has 2 aromatic carbocycles. The molecule has 0 unspecified atom stereocenters. The van der Waals surface area contributed by atoms with Crippen molar-refractivity contribution in [1.82, 2.24) is 14.5 Å². The number of aromatic nitrogens is 2. The Bertz CT molecular complexity index is 1550. The summed E-state index contributed by atoms with van der Waals surface area (Å²) in [6.07, 6.45) is 0. The molecule has 38 heavy (non-hydrogen) atoms. The van der Waals surface area contributed by atoms with Crippen molar-refractivity contribution >= 4 is 38.5 Å². The third-order valence-corrected chi connectivity index (χ3v) is 8.00. The predicted octanol–water partition coefficient (Wildman–Crippen LogP) is 6.21. The minimum atomic E-state index is -0.313. The molecule has 0 saturated carbocycles. The standard InChI is InChI=1S/C29H26BrF2N5O/c1-17-16-37(28-25(30)29(38)35(4)23-13-14-24(33-3)34-26(23)28)18(2)15-36(17)27(19-5-9-21(31)10-6-19)20-7-11-22(32)12-8-20/h5-14,17-18,27H,15-16H2,1-2,4H3/t17-,18+/m1/s1. The van der Waals surface area contributed by atoms with Crippen LogP contribution in [0.15, 0.2) is 69.9 Å². The van der Waals surface area contributed by atoms with Crippen molar-refractivity contribution in [2.24, 2.45) is 7.05 Å². The van der Waals surface area contributed by atoms with Crippen LogP contribution in [0.4, 0.5) is 20.3 Å². The summed E-state index contributed by atoms with van der Waals surface area (Å²) in [4.78, 5) is 25.7. The summed E-state index contributed by atoms with van der Waals surface area (Å²) in [5.74, 6) is -0.366. The third-order valence-electron chi connectivity index (χ3n) is 7.28. The van der Waals surface area contributed by atoms with Gasteiger partial charge in [-0.1, -0.05) is 30.8 Å². The van der Waals surface area contributed by atoms with Crippen LogP contribution in [0.1, 0.15) is 31.0 Å². The van der Waals surface area contributed by atoms with Gasteiger partial charge in [0.05, 0.1) is 11.6 Å². The molecule has 0 aliphatic carbocycles. The van der Waals surface area contributed by atoms with E-state index in [1.54, 1.807) is 43.4 Å². The van der Waals surface area contributed by atoms with Gasteiger partial charge in [0.1, 0.15) is 21.8 Å². The van der Waals surface area contributed by atoms with Crippen molar-refractivity contribution in [3.05, 3.63) is 110 Å². The van der Waals surface area contributed by atoms with E-state index in [1.807, 2.05) is 0 Å². The van der Waals surface area contributed by atoms with Crippen LogP contribution in [-0.2, 0) is 7.05 Å². The zero-order valence-electron chi connectivity index (χ0n) is 21.2. The second-order valence-corrected chi connectivity index (χ2v) is 10.5. The summed E-state index contributed by atoms with van der Waals surface area (Å²) in [5.41, 5.74) is 3.56. The maximum Gasteiger partial charge on any atom is 0.270 e. The van der Waals surface area contributed by atoms with Gasteiger partial charge in [0, 0.05) is 32.2 Å². The van der Waals surface area contributed by atoms with E-state index in [0.717, 1.165) is 11.1 Å². The van der Waals surface area contributed by atoms with Crippen LogP contribution >= 0.6 is 15.9 Å². The Hall–Kier alpha value is -3.61. The summed E-state index contributed by atoms with van der Waals surface area (Å²) in [7, 11) is 1.69. The van der Waals surface area contributed by atoms with Gasteiger partial charge in [0.2, 0.25) is 5.52 Å². The molecule has 3 heterocycles. The second-order valence-electron chi connectivity index (χ2n) is 9.73. The van der Waals surface area contributed by atoms with E-state index < -0.39 is 0 Å². The summed E-state index contributed by atoms with van der Waals surface area (Å²) in [6.45, 7) is 12.8. The number of hydrogen-bond donors (Lipinski definition) is 0. The van der Waals surface area contributed by atoms with E-state index in [0.29, 0.717) is 34.3 Å². The van der Waals surface area contributed by atoms with Gasteiger partial charge < -0.3 is 14.3 Å². The van der Waals surface area contributed by atoms with E-state index in [4.69, 9.17) is 6.57 Å². The lowest BCUT2D eigenvalue weighted by molar-refractivity contribution is 0.130. The van der Waals surface area contributed by atoms with Gasteiger partial charge in [-0.15, -0.1) is 4.98 Å². The number of hydrogen-bond acceptors (Lipinski definition) is 4. The van der Waals surface area contributed by atoms with E-state index >= 15 is 0 Å². The fourth-order valence-corrected chi connectivity index (χ4v) is 6.04. The molecule has 9 heteroatoms. The highest BCUT2D eigenvalue weighted by molar-refractivity contribution is 9.10. The number of halogens is 3. The average molecular weight is 578 g/mol. The van der Waals surface area contributed by atoms with Crippen LogP contribution < -0.4 is 10.5 Å². The Balaban J connectivity index is 1.58. The summed E-state index contributed by atoms with van der Waals surface area (Å²) in [6, 6.07) is 16.0. The average Bonchev–Trinajstić information content (AvgIpc) is 2.91. The topological polar surface area (TPSA) is 45.7 Å². The molecule has 0 N–H and O–H groups in total. The van der Waals surface area contributed by atoms with Crippen LogP contribution in [0.2, 0.25) is 0 Å². The van der Waals surface area contributed by atoms with E-state index in [2.05, 4.69) is 49.4 Å². The minimum Gasteiger partial charge on any atom is -0.361 e. The molecule has 1 aliphatic heterocycles. The van der Waals surface area contributed by atoms with Gasteiger partial charge in [-0.05, 0) is 77.3 Å². The highest BCUT2D eigenvalue weighted by atomic mass is 79.9. The van der Waals surface area contributed by atoms with Crippen molar-refractivity contribution < 1.29 is 8.78 Å². The lowest BCUT2D eigenvalue weighted by atomic mass is 9.93. The normalized spacial score (nSPS) is 18.2. The zero-order valence-corrected chi connectivity index (χ0v) is 22.8. The summed E-state index contributed by atoms with van der Waals surface area (Å²) < 4.78 is 29.5. The number of aryl methyl sites for hydroxylation is 1. The van der Waals surface area contributed by atoms with Crippen LogP contribution in [0.5, 0.6) is 0 Å². The van der Waals surface area contributed by atoms with Crippen molar-refractivity contribution in [2.45, 2.75) is 32.0 Å². The number of piperazine rings is 1. The summed E-state index contributed by atoms with van der Waals surface area (Å²) in [5, 5.41) is 0. The Morgan fingerprint density at radius 3 is 2.08 bits per heavy atom. The molecule has 0 radical (unpaired) electrons. The van der Waals surface area contributed by atoms with Gasteiger partial charge in [0.15, 0.2) is 0 Å². The number of rotatable bonds is 4. The van der Waals surface area contributed by atoms with Gasteiger partial charge in [0.25, 0.3) is 11.4 Å². The fraction of sp³-hybridized carbons (Fsp3) is 0.276. The maximum absolute atomic E-state index is 13.8. The zero-order chi connectivity index (χ0) is 27.1. The van der Waals surface area contributed by atoms with E-state index in [-0.39, 0.29) is 41.1 Å². The predicted molar refractivity (Wildman–Crippen MR) is 149 cm³/mol. The first-order chi connectivity index (χ1) is 18.2. The number of anilines is 1. The van der Waals surface area contributed by atoms with E-state index in [1.165, 1.54) is 28.8 Å². The Labute approximate surface area is 228 Å². The van der Waals surface area contributed by atoms with Crippen LogP contribution in [0.25, 0.3) is 15.9 Å². The molecular weight excluding hydrogens is 552 g/mol. The lowest BCUT2D eigenvalue weighted by Crippen LogP contribution is -2.57. The van der Waals surface area contributed by atoms with Crippen LogP contribution in [0, 0.1) is 18.2 Å². The summed E-state index contributed by atoms with van der Waals surface area (Å²) >= 11 is 3.54. The third kappa shape index (κ3) is 4.59. The molecule has 1 aliphatic rings. The van der Waals surface area contributed by atoms with Crippen LogP contribution in [0.3, 0.4) is 0 Å². The lowest BCUT2D eigenvalue weighted by Gasteiger charge is -2.48. The van der Waals surface area contributed by atoms with Crippen molar-refractivity contribution in [3.8, 4) is 0 Å². The first-order valence-corrected chi connectivity index (χ1v) is 13.1. The van der Waals surface area contributed by atoms with Crippen molar-refractivity contribution in [1.29, 1.82) is 0 Å². The second kappa shape index (κ2) is 10.3. The van der Waals surface area contributed by atoms with Crippen molar-refractivity contribution in [2.75, 3.05) is 18.0 Å².